The average molecular weight is 171 g/mol. The Morgan fingerprint density at radius 2 is 2.42 bits per heavy atom. The van der Waals surface area contributed by atoms with Gasteiger partial charge in [-0.05, 0) is 12.8 Å². The predicted molar refractivity (Wildman–Crippen MR) is 46.8 cm³/mol. The molecule has 0 radical (unpaired) electrons. The lowest BCUT2D eigenvalue weighted by molar-refractivity contribution is -0.140. The van der Waals surface area contributed by atoms with Crippen LogP contribution in [0.4, 0.5) is 0 Å². The molecule has 0 aliphatic carbocycles. The van der Waals surface area contributed by atoms with E-state index in [1.54, 1.807) is 6.92 Å². The molecule has 3 heteroatoms. The number of hydrogen-bond acceptors (Lipinski definition) is 2. The molecule has 1 heterocycles. The van der Waals surface area contributed by atoms with Crippen molar-refractivity contribution >= 4 is 5.91 Å². The molecule has 1 unspecified atom stereocenters. The van der Waals surface area contributed by atoms with E-state index in [0.717, 1.165) is 6.42 Å². The maximum Gasteiger partial charge on any atom is 0.249 e. The van der Waals surface area contributed by atoms with E-state index in [4.69, 9.17) is 4.74 Å². The second kappa shape index (κ2) is 3.90. The van der Waals surface area contributed by atoms with Crippen molar-refractivity contribution in [1.29, 1.82) is 0 Å². The van der Waals surface area contributed by atoms with E-state index in [2.05, 4.69) is 19.2 Å². The van der Waals surface area contributed by atoms with Gasteiger partial charge in [0.1, 0.15) is 6.10 Å². The molecule has 1 fully saturated rings. The summed E-state index contributed by atoms with van der Waals surface area (Å²) in [6.07, 6.45) is 0.799. The van der Waals surface area contributed by atoms with Gasteiger partial charge in [-0.15, -0.1) is 0 Å². The molecule has 0 bridgehead atoms. The summed E-state index contributed by atoms with van der Waals surface area (Å²) in [6.45, 7) is 6.68. The van der Waals surface area contributed by atoms with Crippen molar-refractivity contribution in [3.63, 3.8) is 0 Å². The van der Waals surface area contributed by atoms with Crippen molar-refractivity contribution < 1.29 is 9.53 Å². The Kier molecular flexibility index (Phi) is 3.09. The van der Waals surface area contributed by atoms with Crippen LogP contribution in [0.3, 0.4) is 0 Å². The van der Waals surface area contributed by atoms with Gasteiger partial charge in [-0.1, -0.05) is 20.3 Å². The van der Waals surface area contributed by atoms with E-state index in [-0.39, 0.29) is 18.1 Å². The maximum atomic E-state index is 11.2. The van der Waals surface area contributed by atoms with Gasteiger partial charge >= 0.3 is 0 Å². The molecule has 0 saturated carbocycles. The lowest BCUT2D eigenvalue weighted by Gasteiger charge is -2.31. The normalized spacial score (nSPS) is 32.8. The van der Waals surface area contributed by atoms with Crippen LogP contribution in [0.2, 0.25) is 0 Å². The van der Waals surface area contributed by atoms with Gasteiger partial charge in [0.15, 0.2) is 0 Å². The molecule has 12 heavy (non-hydrogen) atoms. The second-order valence-electron chi connectivity index (χ2n) is 3.48. The number of carbonyl (C=O) groups is 1. The molecule has 0 spiro atoms. The van der Waals surface area contributed by atoms with Crippen molar-refractivity contribution in [1.82, 2.24) is 5.32 Å². The molecule has 1 N–H and O–H groups in total. The molecule has 0 aromatic carbocycles. The van der Waals surface area contributed by atoms with Gasteiger partial charge in [-0.25, -0.2) is 0 Å². The van der Waals surface area contributed by atoms with Gasteiger partial charge in [0, 0.05) is 0 Å². The SMILES string of the molecule is CCC(C)[C@H]1CO[C@H](C)C(=O)N1. The van der Waals surface area contributed by atoms with Crippen LogP contribution < -0.4 is 5.32 Å². The summed E-state index contributed by atoms with van der Waals surface area (Å²) in [5, 5.41) is 2.95. The van der Waals surface area contributed by atoms with Crippen LogP contribution in [-0.4, -0.2) is 24.7 Å². The number of amides is 1. The van der Waals surface area contributed by atoms with Crippen LogP contribution in [0.25, 0.3) is 0 Å². The summed E-state index contributed by atoms with van der Waals surface area (Å²) in [6, 6.07) is 0.207. The lowest BCUT2D eigenvalue weighted by atomic mass is 9.98. The largest absolute Gasteiger partial charge is 0.367 e. The van der Waals surface area contributed by atoms with E-state index in [1.807, 2.05) is 0 Å². The van der Waals surface area contributed by atoms with E-state index in [0.29, 0.717) is 12.5 Å². The van der Waals surface area contributed by atoms with Crippen molar-refractivity contribution in [3.8, 4) is 0 Å². The summed E-state index contributed by atoms with van der Waals surface area (Å²) in [4.78, 5) is 11.2. The summed E-state index contributed by atoms with van der Waals surface area (Å²) >= 11 is 0. The topological polar surface area (TPSA) is 38.3 Å². The average Bonchev–Trinajstić information content (AvgIpc) is 2.08. The molecular weight excluding hydrogens is 154 g/mol. The molecule has 0 aromatic rings. The number of ether oxygens (including phenoxy) is 1. The zero-order chi connectivity index (χ0) is 9.14. The summed E-state index contributed by atoms with van der Waals surface area (Å²) < 4.78 is 5.31. The minimum Gasteiger partial charge on any atom is -0.367 e. The fourth-order valence-corrected chi connectivity index (χ4v) is 1.26. The lowest BCUT2D eigenvalue weighted by Crippen LogP contribution is -2.52. The first kappa shape index (κ1) is 9.52. The second-order valence-corrected chi connectivity index (χ2v) is 3.48. The first-order valence-electron chi connectivity index (χ1n) is 4.57. The van der Waals surface area contributed by atoms with Crippen molar-refractivity contribution in [2.45, 2.75) is 39.3 Å². The highest BCUT2D eigenvalue weighted by molar-refractivity contribution is 5.81. The standard InChI is InChI=1S/C9H17NO2/c1-4-6(2)8-5-12-7(3)9(11)10-8/h6-8H,4-5H2,1-3H3,(H,10,11)/t6?,7-,8-/m1/s1. The third-order valence-electron chi connectivity index (χ3n) is 2.55. The van der Waals surface area contributed by atoms with Gasteiger partial charge in [-0.3, -0.25) is 4.79 Å². The van der Waals surface area contributed by atoms with E-state index in [1.165, 1.54) is 0 Å². The number of morpholine rings is 1. The maximum absolute atomic E-state index is 11.2. The molecule has 1 aliphatic heterocycles. The summed E-state index contributed by atoms with van der Waals surface area (Å²) in [5.74, 6) is 0.521. The Morgan fingerprint density at radius 3 is 2.92 bits per heavy atom. The Labute approximate surface area is 73.5 Å². The highest BCUT2D eigenvalue weighted by Crippen LogP contribution is 2.12. The Balaban J connectivity index is 2.45. The van der Waals surface area contributed by atoms with Crippen molar-refractivity contribution in [2.24, 2.45) is 5.92 Å². The number of carbonyl (C=O) groups excluding carboxylic acids is 1. The highest BCUT2D eigenvalue weighted by Gasteiger charge is 2.27. The molecule has 3 atom stereocenters. The van der Waals surface area contributed by atoms with Crippen LogP contribution in [0.5, 0.6) is 0 Å². The Hall–Kier alpha value is -0.570. The minimum atomic E-state index is -0.273. The number of nitrogens with one attached hydrogen (secondary N) is 1. The molecule has 1 rings (SSSR count). The van der Waals surface area contributed by atoms with Crippen molar-refractivity contribution in [2.75, 3.05) is 6.61 Å². The Morgan fingerprint density at radius 1 is 1.75 bits per heavy atom. The van der Waals surface area contributed by atoms with E-state index < -0.39 is 0 Å². The monoisotopic (exact) mass is 171 g/mol. The van der Waals surface area contributed by atoms with E-state index in [9.17, 15) is 4.79 Å². The van der Waals surface area contributed by atoms with Crippen LogP contribution in [0.15, 0.2) is 0 Å². The van der Waals surface area contributed by atoms with Gasteiger partial charge in [0.25, 0.3) is 0 Å². The number of hydrogen-bond donors (Lipinski definition) is 1. The first-order chi connectivity index (χ1) is 5.65. The van der Waals surface area contributed by atoms with Gasteiger partial charge < -0.3 is 10.1 Å². The molecule has 1 saturated heterocycles. The summed E-state index contributed by atoms with van der Waals surface area (Å²) in [7, 11) is 0. The smallest absolute Gasteiger partial charge is 0.249 e. The van der Waals surface area contributed by atoms with Gasteiger partial charge in [0.05, 0.1) is 12.6 Å². The molecule has 0 aromatic heterocycles. The minimum absolute atomic E-state index is 0.0200. The molecule has 1 amide bonds. The highest BCUT2D eigenvalue weighted by atomic mass is 16.5. The molecule has 1 aliphatic rings. The van der Waals surface area contributed by atoms with E-state index >= 15 is 0 Å². The van der Waals surface area contributed by atoms with Crippen molar-refractivity contribution in [3.05, 3.63) is 0 Å². The first-order valence-corrected chi connectivity index (χ1v) is 4.57. The number of rotatable bonds is 2. The predicted octanol–water partition coefficient (Wildman–Crippen LogP) is 0.936. The van der Waals surface area contributed by atoms with Gasteiger partial charge in [-0.2, -0.15) is 0 Å². The zero-order valence-electron chi connectivity index (χ0n) is 7.96. The van der Waals surface area contributed by atoms with Crippen LogP contribution in [-0.2, 0) is 9.53 Å². The fourth-order valence-electron chi connectivity index (χ4n) is 1.26. The third kappa shape index (κ3) is 1.97. The van der Waals surface area contributed by atoms with Crippen LogP contribution >= 0.6 is 0 Å². The molecule has 70 valence electrons. The summed E-state index contributed by atoms with van der Waals surface area (Å²) in [5.41, 5.74) is 0. The van der Waals surface area contributed by atoms with Crippen LogP contribution in [0, 0.1) is 5.92 Å². The zero-order valence-corrected chi connectivity index (χ0v) is 7.96. The Bertz CT molecular complexity index is 170. The molecular formula is C9H17NO2. The van der Waals surface area contributed by atoms with Gasteiger partial charge in [0.2, 0.25) is 5.91 Å². The molecule has 3 nitrogen and oxygen atoms in total. The third-order valence-corrected chi connectivity index (χ3v) is 2.55. The quantitative estimate of drug-likeness (QED) is 0.671. The van der Waals surface area contributed by atoms with Crippen LogP contribution in [0.1, 0.15) is 27.2 Å². The fraction of sp³-hybridized carbons (Fsp3) is 0.889.